The van der Waals surface area contributed by atoms with E-state index in [1.807, 2.05) is 12.1 Å². The van der Waals surface area contributed by atoms with Gasteiger partial charge in [-0.3, -0.25) is 4.98 Å². The molecule has 3 rings (SSSR count). The Morgan fingerprint density at radius 2 is 2.16 bits per heavy atom. The summed E-state index contributed by atoms with van der Waals surface area (Å²) in [6, 6.07) is 7.31. The van der Waals surface area contributed by atoms with Gasteiger partial charge in [0.15, 0.2) is 11.5 Å². The molecule has 128 valence electrons. The number of benzene rings is 1. The van der Waals surface area contributed by atoms with E-state index in [4.69, 9.17) is 31.2 Å². The Labute approximate surface area is 149 Å². The first-order valence-corrected chi connectivity index (χ1v) is 7.70. The number of aromatic nitrogens is 3. The van der Waals surface area contributed by atoms with Crippen molar-refractivity contribution in [1.29, 1.82) is 0 Å². The first-order valence-electron chi connectivity index (χ1n) is 7.32. The predicted molar refractivity (Wildman–Crippen MR) is 94.2 cm³/mol. The Hall–Kier alpha value is -3.06. The van der Waals surface area contributed by atoms with Crippen LogP contribution in [-0.4, -0.2) is 22.3 Å². The maximum Gasteiger partial charge on any atom is 0.313 e. The normalized spacial score (nSPS) is 11.0. The van der Waals surface area contributed by atoms with Gasteiger partial charge in [-0.15, -0.1) is 5.10 Å². The summed E-state index contributed by atoms with van der Waals surface area (Å²) < 4.78 is 16.2. The molecule has 0 spiro atoms. The zero-order valence-corrected chi connectivity index (χ0v) is 14.1. The van der Waals surface area contributed by atoms with Crippen molar-refractivity contribution in [2.45, 2.75) is 6.61 Å². The number of nitrogen functional groups attached to an aromatic ring is 1. The van der Waals surface area contributed by atoms with Gasteiger partial charge in [0.25, 0.3) is 0 Å². The maximum atomic E-state index is 6.34. The van der Waals surface area contributed by atoms with Crippen LogP contribution in [0.5, 0.6) is 11.5 Å². The largest absolute Gasteiger partial charge is 0.493 e. The van der Waals surface area contributed by atoms with Crippen LogP contribution in [0.2, 0.25) is 5.02 Å². The van der Waals surface area contributed by atoms with Crippen LogP contribution in [0.4, 0.5) is 6.01 Å². The van der Waals surface area contributed by atoms with Crippen molar-refractivity contribution in [3.05, 3.63) is 58.7 Å². The molecule has 0 aliphatic rings. The summed E-state index contributed by atoms with van der Waals surface area (Å²) in [6.45, 7) is 0.334. The van der Waals surface area contributed by atoms with Gasteiger partial charge in [0, 0.05) is 24.0 Å². The lowest BCUT2D eigenvalue weighted by atomic mass is 10.2. The van der Waals surface area contributed by atoms with Crippen molar-refractivity contribution >= 4 is 29.8 Å². The molecular formula is C17H15ClN4O3. The molecule has 0 atom stereocenters. The quantitative estimate of drug-likeness (QED) is 0.720. The Kier molecular flexibility index (Phi) is 5.15. The fourth-order valence-electron chi connectivity index (χ4n) is 2.10. The molecular weight excluding hydrogens is 344 g/mol. The molecule has 0 unspecified atom stereocenters. The summed E-state index contributed by atoms with van der Waals surface area (Å²) >= 11 is 6.34. The zero-order chi connectivity index (χ0) is 17.6. The number of pyridine rings is 1. The van der Waals surface area contributed by atoms with Crippen LogP contribution in [0.25, 0.3) is 12.2 Å². The average Bonchev–Trinajstić information content (AvgIpc) is 3.05. The fraction of sp³-hybridized carbons (Fsp3) is 0.118. The van der Waals surface area contributed by atoms with Crippen LogP contribution in [-0.2, 0) is 6.61 Å². The summed E-state index contributed by atoms with van der Waals surface area (Å²) in [4.78, 5) is 4.05. The molecule has 0 amide bonds. The van der Waals surface area contributed by atoms with E-state index >= 15 is 0 Å². The van der Waals surface area contributed by atoms with Gasteiger partial charge in [0.2, 0.25) is 5.89 Å². The molecule has 0 saturated carbocycles. The molecule has 0 radical (unpaired) electrons. The number of ether oxygens (including phenoxy) is 2. The van der Waals surface area contributed by atoms with E-state index in [-0.39, 0.29) is 6.01 Å². The molecule has 2 N–H and O–H groups in total. The Morgan fingerprint density at radius 1 is 1.28 bits per heavy atom. The number of anilines is 1. The van der Waals surface area contributed by atoms with Gasteiger partial charge in [-0.2, -0.15) is 0 Å². The van der Waals surface area contributed by atoms with Crippen LogP contribution in [0, 0.1) is 0 Å². The minimum atomic E-state index is 0.00872. The van der Waals surface area contributed by atoms with Crippen molar-refractivity contribution in [2.24, 2.45) is 0 Å². The lowest BCUT2D eigenvalue weighted by Crippen LogP contribution is -1.99. The lowest BCUT2D eigenvalue weighted by molar-refractivity contribution is 0.284. The zero-order valence-electron chi connectivity index (χ0n) is 13.3. The van der Waals surface area contributed by atoms with Gasteiger partial charge in [0.05, 0.1) is 12.1 Å². The van der Waals surface area contributed by atoms with E-state index in [1.54, 1.807) is 43.8 Å². The van der Waals surface area contributed by atoms with Crippen LogP contribution >= 0.6 is 11.6 Å². The van der Waals surface area contributed by atoms with E-state index in [1.165, 1.54) is 0 Å². The third kappa shape index (κ3) is 4.27. The van der Waals surface area contributed by atoms with Gasteiger partial charge >= 0.3 is 6.01 Å². The number of hydrogen-bond acceptors (Lipinski definition) is 7. The highest BCUT2D eigenvalue weighted by molar-refractivity contribution is 6.32. The van der Waals surface area contributed by atoms with Crippen molar-refractivity contribution in [2.75, 3.05) is 12.8 Å². The third-order valence-corrected chi connectivity index (χ3v) is 3.51. The van der Waals surface area contributed by atoms with Crippen molar-refractivity contribution in [1.82, 2.24) is 15.2 Å². The van der Waals surface area contributed by atoms with Crippen molar-refractivity contribution in [3.63, 3.8) is 0 Å². The Bertz CT molecular complexity index is 881. The standard InChI is InChI=1S/C17H15ClN4O3/c1-23-14-8-11(4-5-15-21-22-17(19)25-15)7-13(18)16(14)24-10-12-3-2-6-20-9-12/h2-9H,10H2,1H3,(H2,19,22)/b5-4+. The van der Waals surface area contributed by atoms with Crippen LogP contribution < -0.4 is 15.2 Å². The topological polar surface area (TPSA) is 96.3 Å². The smallest absolute Gasteiger partial charge is 0.313 e. The average molecular weight is 359 g/mol. The van der Waals surface area contributed by atoms with Gasteiger partial charge in [-0.1, -0.05) is 22.8 Å². The molecule has 8 heteroatoms. The Morgan fingerprint density at radius 3 is 2.84 bits per heavy atom. The van der Waals surface area contributed by atoms with Crippen LogP contribution in [0.15, 0.2) is 41.1 Å². The monoisotopic (exact) mass is 358 g/mol. The molecule has 3 aromatic rings. The number of rotatable bonds is 6. The molecule has 2 aromatic heterocycles. The predicted octanol–water partition coefficient (Wildman–Crippen LogP) is 3.46. The van der Waals surface area contributed by atoms with Gasteiger partial charge in [-0.25, -0.2) is 0 Å². The molecule has 1 aromatic carbocycles. The van der Waals surface area contributed by atoms with Gasteiger partial charge < -0.3 is 19.6 Å². The van der Waals surface area contributed by atoms with E-state index in [2.05, 4.69) is 15.2 Å². The molecule has 0 aliphatic heterocycles. The number of methoxy groups -OCH3 is 1. The minimum Gasteiger partial charge on any atom is -0.493 e. The summed E-state index contributed by atoms with van der Waals surface area (Å²) in [5, 5.41) is 7.76. The highest BCUT2D eigenvalue weighted by Crippen LogP contribution is 2.37. The second-order valence-corrected chi connectivity index (χ2v) is 5.40. The maximum absolute atomic E-state index is 6.34. The summed E-state index contributed by atoms with van der Waals surface area (Å²) in [7, 11) is 1.55. The molecule has 0 saturated heterocycles. The minimum absolute atomic E-state index is 0.00872. The van der Waals surface area contributed by atoms with E-state index < -0.39 is 0 Å². The number of nitrogens with zero attached hydrogens (tertiary/aromatic N) is 3. The van der Waals surface area contributed by atoms with E-state index in [0.29, 0.717) is 29.0 Å². The number of hydrogen-bond donors (Lipinski definition) is 1. The summed E-state index contributed by atoms with van der Waals surface area (Å²) in [5.41, 5.74) is 7.10. The first-order chi connectivity index (χ1) is 12.2. The molecule has 0 bridgehead atoms. The third-order valence-electron chi connectivity index (χ3n) is 3.23. The van der Waals surface area contributed by atoms with Gasteiger partial charge in [-0.05, 0) is 29.8 Å². The first kappa shape index (κ1) is 16.8. The van der Waals surface area contributed by atoms with Gasteiger partial charge in [0.1, 0.15) is 6.61 Å². The molecule has 2 heterocycles. The van der Waals surface area contributed by atoms with Crippen LogP contribution in [0.3, 0.4) is 0 Å². The Balaban J connectivity index is 1.79. The lowest BCUT2D eigenvalue weighted by Gasteiger charge is -2.13. The molecule has 7 nitrogen and oxygen atoms in total. The van der Waals surface area contributed by atoms with Crippen LogP contribution in [0.1, 0.15) is 17.0 Å². The second kappa shape index (κ2) is 7.67. The highest BCUT2D eigenvalue weighted by Gasteiger charge is 2.12. The number of nitrogens with two attached hydrogens (primary N) is 1. The number of halogens is 1. The fourth-order valence-corrected chi connectivity index (χ4v) is 2.37. The molecule has 0 fully saturated rings. The summed E-state index contributed by atoms with van der Waals surface area (Å²) in [6.07, 6.45) is 6.82. The molecule has 0 aliphatic carbocycles. The summed E-state index contributed by atoms with van der Waals surface area (Å²) in [5.74, 6) is 1.28. The second-order valence-electron chi connectivity index (χ2n) is 5.00. The van der Waals surface area contributed by atoms with E-state index in [9.17, 15) is 0 Å². The highest BCUT2D eigenvalue weighted by atomic mass is 35.5. The molecule has 25 heavy (non-hydrogen) atoms. The SMILES string of the molecule is COc1cc(/C=C/c2nnc(N)o2)cc(Cl)c1OCc1cccnc1. The van der Waals surface area contributed by atoms with Crippen molar-refractivity contribution in [3.8, 4) is 11.5 Å². The van der Waals surface area contributed by atoms with Crippen molar-refractivity contribution < 1.29 is 13.9 Å². The van der Waals surface area contributed by atoms with E-state index in [0.717, 1.165) is 11.1 Å².